The molecule has 0 saturated carbocycles. The van der Waals surface area contributed by atoms with E-state index in [2.05, 4.69) is 22.8 Å². The van der Waals surface area contributed by atoms with Crippen LogP contribution in [0.4, 0.5) is 15.3 Å². The number of hydrogen-bond acceptors (Lipinski definition) is 9. The van der Waals surface area contributed by atoms with Gasteiger partial charge >= 0.3 is 18.2 Å². The molecule has 0 aromatic heterocycles. The third-order valence-electron chi connectivity index (χ3n) is 9.83. The van der Waals surface area contributed by atoms with E-state index in [1.54, 1.807) is 45.0 Å². The van der Waals surface area contributed by atoms with Crippen LogP contribution in [0.25, 0.3) is 11.1 Å². The van der Waals surface area contributed by atoms with Crippen molar-refractivity contribution in [3.05, 3.63) is 101 Å². The van der Waals surface area contributed by atoms with Crippen LogP contribution < -0.4 is 10.6 Å². The van der Waals surface area contributed by atoms with Gasteiger partial charge in [-0.15, -0.1) is 0 Å². The molecule has 2 aliphatic carbocycles. The molecule has 304 valence electrons. The molecule has 0 bridgehead atoms. The molecule has 3 aromatic rings. The van der Waals surface area contributed by atoms with Crippen LogP contribution in [-0.4, -0.2) is 59.6 Å². The number of carbonyl (C=O) groups is 4. The lowest BCUT2D eigenvalue weighted by atomic mass is 9.75. The molecule has 5 rings (SSSR count). The maximum Gasteiger partial charge on any atom is 0.407 e. The predicted molar refractivity (Wildman–Crippen MR) is 221 cm³/mol. The first kappa shape index (κ1) is 42.7. The number of nitrogens with zero attached hydrogens (tertiary/aromatic N) is 1. The summed E-state index contributed by atoms with van der Waals surface area (Å²) in [6, 6.07) is 22.3. The van der Waals surface area contributed by atoms with E-state index < -0.39 is 29.8 Å². The highest BCUT2D eigenvalue weighted by molar-refractivity contribution is 6.23. The lowest BCUT2D eigenvalue weighted by Crippen LogP contribution is -2.42. The van der Waals surface area contributed by atoms with Crippen LogP contribution in [0.15, 0.2) is 89.1 Å². The number of hydrogen-bond donors (Lipinski definition) is 3. The second kappa shape index (κ2) is 18.7. The van der Waals surface area contributed by atoms with Crippen molar-refractivity contribution in [1.82, 2.24) is 10.6 Å². The van der Waals surface area contributed by atoms with Gasteiger partial charge in [0, 0.05) is 25.3 Å². The van der Waals surface area contributed by atoms with Crippen molar-refractivity contribution in [3.8, 4) is 11.1 Å². The lowest BCUT2D eigenvalue weighted by Gasteiger charge is -2.30. The molecule has 2 amide bonds. The number of carbonyl (C=O) groups excluding carboxylic acids is 4. The number of aliphatic imine (C=N–C) groups is 1. The molecule has 11 heteroatoms. The van der Waals surface area contributed by atoms with Gasteiger partial charge in [0.1, 0.15) is 30.6 Å². The summed E-state index contributed by atoms with van der Waals surface area (Å²) in [4.78, 5) is 56.7. The zero-order valence-electron chi connectivity index (χ0n) is 34.3. The number of aliphatic hydroxyl groups is 1. The van der Waals surface area contributed by atoms with Crippen LogP contribution in [0.1, 0.15) is 110 Å². The quantitative estimate of drug-likeness (QED) is 0.0597. The fourth-order valence-corrected chi connectivity index (χ4v) is 7.29. The number of alkyl carbamates (subject to hydrolysis) is 2. The number of benzene rings is 3. The second-order valence-electron chi connectivity index (χ2n) is 17.1. The Morgan fingerprint density at radius 3 is 2.11 bits per heavy atom. The van der Waals surface area contributed by atoms with E-state index in [0.29, 0.717) is 61.2 Å². The van der Waals surface area contributed by atoms with Gasteiger partial charge in [0.25, 0.3) is 0 Å². The molecule has 0 radical (unpaired) electrons. The molecule has 0 unspecified atom stereocenters. The zero-order chi connectivity index (χ0) is 41.3. The minimum Gasteiger partial charge on any atom is -0.511 e. The predicted octanol–water partition coefficient (Wildman–Crippen LogP) is 9.65. The number of ether oxygens (including phenoxy) is 3. The van der Waals surface area contributed by atoms with E-state index in [1.807, 2.05) is 64.1 Å². The first-order valence-corrected chi connectivity index (χ1v) is 19.9. The fraction of sp³-hybridized carbons (Fsp3) is 0.457. The largest absolute Gasteiger partial charge is 0.511 e. The van der Waals surface area contributed by atoms with Crippen molar-refractivity contribution in [3.63, 3.8) is 0 Å². The molecule has 57 heavy (non-hydrogen) atoms. The van der Waals surface area contributed by atoms with Crippen molar-refractivity contribution >= 4 is 35.3 Å². The molecule has 0 saturated heterocycles. The van der Waals surface area contributed by atoms with Crippen LogP contribution in [-0.2, 0) is 30.4 Å². The molecule has 11 nitrogen and oxygen atoms in total. The lowest BCUT2D eigenvalue weighted by molar-refractivity contribution is -0.147. The van der Waals surface area contributed by atoms with Gasteiger partial charge in [-0.05, 0) is 97.7 Å². The maximum atomic E-state index is 13.5. The van der Waals surface area contributed by atoms with Gasteiger partial charge in [0.2, 0.25) is 0 Å². The van der Waals surface area contributed by atoms with Gasteiger partial charge in [-0.25, -0.2) is 14.4 Å². The molecular weight excluding hydrogens is 723 g/mol. The smallest absolute Gasteiger partial charge is 0.407 e. The molecule has 1 atom stereocenters. The highest BCUT2D eigenvalue weighted by Gasteiger charge is 2.35. The van der Waals surface area contributed by atoms with Crippen LogP contribution in [0.3, 0.4) is 0 Å². The van der Waals surface area contributed by atoms with Crippen molar-refractivity contribution in [1.29, 1.82) is 0 Å². The number of Topliss-reactive ketones (excluding diaryl/α,β-unsaturated/α-hetero) is 1. The molecule has 0 aliphatic heterocycles. The Hall–Kier alpha value is -5.45. The Morgan fingerprint density at radius 2 is 1.51 bits per heavy atom. The molecule has 3 N–H and O–H groups in total. The van der Waals surface area contributed by atoms with Crippen LogP contribution in [0.5, 0.6) is 0 Å². The van der Waals surface area contributed by atoms with Gasteiger partial charge in [0.15, 0.2) is 5.78 Å². The normalized spacial score (nSPS) is 15.8. The van der Waals surface area contributed by atoms with Gasteiger partial charge in [0.05, 0.1) is 17.0 Å². The Labute approximate surface area is 336 Å². The van der Waals surface area contributed by atoms with Crippen molar-refractivity contribution in [2.75, 3.05) is 13.2 Å². The summed E-state index contributed by atoms with van der Waals surface area (Å²) in [7, 11) is 0. The van der Waals surface area contributed by atoms with E-state index >= 15 is 0 Å². The number of rotatable bonds is 15. The Morgan fingerprint density at radius 1 is 0.877 bits per heavy atom. The molecule has 3 aromatic carbocycles. The minimum absolute atomic E-state index is 0.0513. The highest BCUT2D eigenvalue weighted by Crippen LogP contribution is 2.44. The number of esters is 1. The van der Waals surface area contributed by atoms with Crippen molar-refractivity contribution in [2.45, 2.75) is 111 Å². The number of ketones is 1. The molecule has 0 heterocycles. The van der Waals surface area contributed by atoms with Crippen LogP contribution in [0, 0.1) is 11.3 Å². The van der Waals surface area contributed by atoms with Gasteiger partial charge < -0.3 is 30.0 Å². The molecule has 0 fully saturated rings. The van der Waals surface area contributed by atoms with Gasteiger partial charge in [-0.1, -0.05) is 88.4 Å². The minimum atomic E-state index is -0.997. The average molecular weight is 780 g/mol. The standard InChI is InChI=1S/C46H57N3O8/c1-29(2)24-38(41-39(50)25-46(6,7)26-40(41)51)48-31-21-19-30(20-22-31)27-55-42(52)37(18-12-13-23-47-43(53)57-45(3,4)5)49-44(54)56-28-36-34-16-10-8-14-32(34)33-15-9-11-17-35(33)36/h8-11,14-17,19-22,29,36-37,50H,12-13,18,23-28H2,1-7H3,(H,47,53)(H,49,54)/t37-/m0/s1. The topological polar surface area (TPSA) is 153 Å². The number of amides is 2. The Bertz CT molecular complexity index is 1950. The monoisotopic (exact) mass is 779 g/mol. The molecule has 0 spiro atoms. The number of aliphatic hydroxyl groups excluding tert-OH is 1. The second-order valence-corrected chi connectivity index (χ2v) is 17.1. The fourth-order valence-electron chi connectivity index (χ4n) is 7.29. The summed E-state index contributed by atoms with van der Waals surface area (Å²) in [6.45, 7) is 13.8. The summed E-state index contributed by atoms with van der Waals surface area (Å²) in [5.74, 6) is -0.571. The zero-order valence-corrected chi connectivity index (χ0v) is 34.3. The first-order valence-electron chi connectivity index (χ1n) is 19.9. The third-order valence-corrected chi connectivity index (χ3v) is 9.83. The molecule has 2 aliphatic rings. The van der Waals surface area contributed by atoms with Gasteiger partial charge in [-0.2, -0.15) is 0 Å². The number of nitrogens with one attached hydrogen (secondary N) is 2. The van der Waals surface area contributed by atoms with Crippen molar-refractivity contribution < 1.29 is 38.5 Å². The number of unbranched alkanes of at least 4 members (excludes halogenated alkanes) is 1. The number of fused-ring (bicyclic) bond motifs is 3. The van der Waals surface area contributed by atoms with Crippen LogP contribution in [0.2, 0.25) is 0 Å². The summed E-state index contributed by atoms with van der Waals surface area (Å²) in [5, 5.41) is 16.3. The first-order chi connectivity index (χ1) is 27.0. The van der Waals surface area contributed by atoms with Gasteiger partial charge in [-0.3, -0.25) is 9.79 Å². The van der Waals surface area contributed by atoms with Crippen LogP contribution >= 0.6 is 0 Å². The summed E-state index contributed by atoms with van der Waals surface area (Å²) in [5.41, 5.74) is 5.63. The molecular formula is C46H57N3O8. The number of allylic oxidation sites excluding steroid dienone is 2. The van der Waals surface area contributed by atoms with E-state index in [-0.39, 0.29) is 48.4 Å². The highest BCUT2D eigenvalue weighted by atomic mass is 16.6. The SMILES string of the molecule is CC(C)CC(=Nc1ccc(COC(=O)[C@H](CCCCNC(=O)OC(C)(C)C)NC(=O)OCC2c3ccccc3-c3ccccc32)cc1)C1=C(O)CC(C)(C)CC1=O. The summed E-state index contributed by atoms with van der Waals surface area (Å²) in [6.07, 6.45) is 1.31. The van der Waals surface area contributed by atoms with E-state index in [4.69, 9.17) is 19.2 Å². The average Bonchev–Trinajstić information content (AvgIpc) is 3.44. The Kier molecular flexibility index (Phi) is 14.0. The maximum absolute atomic E-state index is 13.5. The van der Waals surface area contributed by atoms with E-state index in [9.17, 15) is 24.3 Å². The van der Waals surface area contributed by atoms with E-state index in [1.165, 1.54) is 0 Å². The summed E-state index contributed by atoms with van der Waals surface area (Å²) >= 11 is 0. The summed E-state index contributed by atoms with van der Waals surface area (Å²) < 4.78 is 16.7. The third kappa shape index (κ3) is 12.0. The van der Waals surface area contributed by atoms with E-state index in [0.717, 1.165) is 22.3 Å². The Balaban J connectivity index is 1.22. The van der Waals surface area contributed by atoms with Crippen molar-refractivity contribution in [2.24, 2.45) is 16.3 Å².